The first kappa shape index (κ1) is 15.0. The zero-order chi connectivity index (χ0) is 15.4. The van der Waals surface area contributed by atoms with E-state index in [2.05, 4.69) is 26.8 Å². The zero-order valence-electron chi connectivity index (χ0n) is 12.8. The summed E-state index contributed by atoms with van der Waals surface area (Å²) in [7, 11) is 0. The fourth-order valence-corrected chi connectivity index (χ4v) is 1.99. The highest BCUT2D eigenvalue weighted by molar-refractivity contribution is 5.88. The first-order valence-corrected chi connectivity index (χ1v) is 6.87. The maximum absolute atomic E-state index is 11.8. The minimum atomic E-state index is -0.295. The van der Waals surface area contributed by atoms with Crippen LogP contribution in [0.15, 0.2) is 16.8 Å². The number of nitrogens with one attached hydrogen (secondary N) is 2. The molecule has 2 amide bonds. The molecule has 0 aliphatic heterocycles. The van der Waals surface area contributed by atoms with E-state index >= 15 is 0 Å². The van der Waals surface area contributed by atoms with Crippen molar-refractivity contribution < 1.29 is 9.32 Å². The number of pyridine rings is 1. The number of nitrogens with zero attached hydrogens (tertiary/aromatic N) is 2. The van der Waals surface area contributed by atoms with Gasteiger partial charge in [0.1, 0.15) is 5.76 Å². The Morgan fingerprint density at radius 1 is 1.29 bits per heavy atom. The summed E-state index contributed by atoms with van der Waals surface area (Å²) < 4.78 is 4.99. The highest BCUT2D eigenvalue weighted by atomic mass is 16.5. The van der Waals surface area contributed by atoms with Crippen molar-refractivity contribution >= 4 is 11.8 Å². The van der Waals surface area contributed by atoms with E-state index in [0.29, 0.717) is 24.5 Å². The molecule has 0 spiro atoms. The Kier molecular flexibility index (Phi) is 4.57. The maximum Gasteiger partial charge on any atom is 0.320 e. The summed E-state index contributed by atoms with van der Waals surface area (Å²) in [6, 6.07) is 1.79. The number of urea groups is 1. The summed E-state index contributed by atoms with van der Waals surface area (Å²) in [5, 5.41) is 9.24. The van der Waals surface area contributed by atoms with Crippen LogP contribution in [0.2, 0.25) is 0 Å². The van der Waals surface area contributed by atoms with Gasteiger partial charge in [-0.05, 0) is 38.8 Å². The molecule has 112 valence electrons. The highest BCUT2D eigenvalue weighted by Gasteiger charge is 2.11. The fraction of sp³-hybridized carbons (Fsp3) is 0.400. The van der Waals surface area contributed by atoms with Gasteiger partial charge < -0.3 is 9.84 Å². The lowest BCUT2D eigenvalue weighted by Crippen LogP contribution is -2.31. The first-order valence-electron chi connectivity index (χ1n) is 6.87. The average molecular weight is 288 g/mol. The van der Waals surface area contributed by atoms with Gasteiger partial charge in [-0.1, -0.05) is 11.2 Å². The second kappa shape index (κ2) is 6.39. The summed E-state index contributed by atoms with van der Waals surface area (Å²) in [5.74, 6) is 1.15. The Balaban J connectivity index is 1.83. The Morgan fingerprint density at radius 3 is 2.67 bits per heavy atom. The molecule has 0 aromatic carbocycles. The van der Waals surface area contributed by atoms with Crippen molar-refractivity contribution in [1.29, 1.82) is 0 Å². The number of carbonyl (C=O) groups is 1. The van der Waals surface area contributed by atoms with Crippen LogP contribution in [0.5, 0.6) is 0 Å². The third-order valence-corrected chi connectivity index (χ3v) is 3.36. The van der Waals surface area contributed by atoms with Crippen molar-refractivity contribution in [2.24, 2.45) is 0 Å². The predicted octanol–water partition coefficient (Wildman–Crippen LogP) is 2.67. The summed E-state index contributed by atoms with van der Waals surface area (Å²) in [6.07, 6.45) is 2.53. The Morgan fingerprint density at radius 2 is 2.05 bits per heavy atom. The molecule has 6 heteroatoms. The van der Waals surface area contributed by atoms with Crippen LogP contribution < -0.4 is 10.6 Å². The molecule has 2 rings (SSSR count). The fourth-order valence-electron chi connectivity index (χ4n) is 1.99. The second-order valence-corrected chi connectivity index (χ2v) is 5.12. The van der Waals surface area contributed by atoms with Crippen LogP contribution in [-0.2, 0) is 6.42 Å². The molecule has 0 saturated carbocycles. The van der Waals surface area contributed by atoms with Crippen molar-refractivity contribution in [2.75, 3.05) is 11.9 Å². The van der Waals surface area contributed by atoms with Crippen LogP contribution in [0.3, 0.4) is 0 Å². The quantitative estimate of drug-likeness (QED) is 0.906. The SMILES string of the molecule is Cc1cnc(CCNC(=O)Nc2noc(C)c2C)c(C)c1. The van der Waals surface area contributed by atoms with Crippen LogP contribution in [0.4, 0.5) is 10.6 Å². The van der Waals surface area contributed by atoms with E-state index in [9.17, 15) is 4.79 Å². The molecule has 6 nitrogen and oxygen atoms in total. The number of amides is 2. The van der Waals surface area contributed by atoms with Crippen molar-refractivity contribution in [3.63, 3.8) is 0 Å². The highest BCUT2D eigenvalue weighted by Crippen LogP contribution is 2.16. The van der Waals surface area contributed by atoms with Gasteiger partial charge in [0.2, 0.25) is 0 Å². The Labute approximate surface area is 123 Å². The van der Waals surface area contributed by atoms with Gasteiger partial charge in [0, 0.05) is 30.4 Å². The van der Waals surface area contributed by atoms with Crippen molar-refractivity contribution in [3.8, 4) is 0 Å². The molecule has 0 saturated heterocycles. The van der Waals surface area contributed by atoms with E-state index < -0.39 is 0 Å². The number of aromatic nitrogens is 2. The lowest BCUT2D eigenvalue weighted by atomic mass is 10.1. The molecule has 0 bridgehead atoms. The monoisotopic (exact) mass is 288 g/mol. The maximum atomic E-state index is 11.8. The number of rotatable bonds is 4. The summed E-state index contributed by atoms with van der Waals surface area (Å²) >= 11 is 0. The van der Waals surface area contributed by atoms with Gasteiger partial charge in [-0.3, -0.25) is 10.3 Å². The molecule has 2 heterocycles. The summed E-state index contributed by atoms with van der Waals surface area (Å²) in [6.45, 7) is 8.20. The van der Waals surface area contributed by atoms with Crippen LogP contribution >= 0.6 is 0 Å². The molecule has 0 fully saturated rings. The third-order valence-electron chi connectivity index (χ3n) is 3.36. The number of carbonyl (C=O) groups excluding carboxylic acids is 1. The van der Waals surface area contributed by atoms with Crippen molar-refractivity contribution in [2.45, 2.75) is 34.1 Å². The number of aryl methyl sites for hydroxylation is 3. The van der Waals surface area contributed by atoms with Gasteiger partial charge >= 0.3 is 6.03 Å². The largest absolute Gasteiger partial charge is 0.359 e. The van der Waals surface area contributed by atoms with Gasteiger partial charge in [-0.15, -0.1) is 0 Å². The summed E-state index contributed by atoms with van der Waals surface area (Å²) in [5.41, 5.74) is 4.11. The van der Waals surface area contributed by atoms with E-state index in [0.717, 1.165) is 22.4 Å². The first-order chi connectivity index (χ1) is 9.97. The molecule has 0 aliphatic rings. The Bertz CT molecular complexity index is 649. The normalized spacial score (nSPS) is 10.5. The minimum Gasteiger partial charge on any atom is -0.359 e. The van der Waals surface area contributed by atoms with Crippen molar-refractivity contribution in [3.05, 3.63) is 40.4 Å². The van der Waals surface area contributed by atoms with Gasteiger partial charge in [0.05, 0.1) is 0 Å². The molecule has 0 atom stereocenters. The lowest BCUT2D eigenvalue weighted by molar-refractivity contribution is 0.252. The molecule has 21 heavy (non-hydrogen) atoms. The van der Waals surface area contributed by atoms with Crippen LogP contribution in [-0.4, -0.2) is 22.7 Å². The molecule has 0 radical (unpaired) electrons. The molecule has 0 aliphatic carbocycles. The van der Waals surface area contributed by atoms with Gasteiger partial charge in [0.25, 0.3) is 0 Å². The topological polar surface area (TPSA) is 80.0 Å². The molecule has 2 N–H and O–H groups in total. The molecule has 0 unspecified atom stereocenters. The molecular weight excluding hydrogens is 268 g/mol. The number of hydrogen-bond acceptors (Lipinski definition) is 4. The third kappa shape index (κ3) is 3.81. The van der Waals surface area contributed by atoms with E-state index in [1.807, 2.05) is 27.0 Å². The smallest absolute Gasteiger partial charge is 0.320 e. The molecule has 2 aromatic rings. The standard InChI is InChI=1S/C15H20N4O2/c1-9-7-10(2)13(17-8-9)5-6-16-15(20)18-14-11(3)12(4)21-19-14/h7-8H,5-6H2,1-4H3,(H2,16,18,19,20). The second-order valence-electron chi connectivity index (χ2n) is 5.12. The van der Waals surface area contributed by atoms with Crippen LogP contribution in [0.25, 0.3) is 0 Å². The van der Waals surface area contributed by atoms with E-state index in [1.165, 1.54) is 0 Å². The molecule has 2 aromatic heterocycles. The van der Waals surface area contributed by atoms with Gasteiger partial charge in [0.15, 0.2) is 5.82 Å². The van der Waals surface area contributed by atoms with Gasteiger partial charge in [-0.25, -0.2) is 4.79 Å². The zero-order valence-corrected chi connectivity index (χ0v) is 12.8. The van der Waals surface area contributed by atoms with Crippen molar-refractivity contribution in [1.82, 2.24) is 15.5 Å². The Hall–Kier alpha value is -2.37. The average Bonchev–Trinajstić information content (AvgIpc) is 2.73. The minimum absolute atomic E-state index is 0.295. The molecular formula is C15H20N4O2. The van der Waals surface area contributed by atoms with Crippen LogP contribution in [0.1, 0.15) is 28.1 Å². The predicted molar refractivity (Wildman–Crippen MR) is 80.4 cm³/mol. The summed E-state index contributed by atoms with van der Waals surface area (Å²) in [4.78, 5) is 16.2. The van der Waals surface area contributed by atoms with E-state index in [-0.39, 0.29) is 6.03 Å². The van der Waals surface area contributed by atoms with Crippen LogP contribution in [0, 0.1) is 27.7 Å². The van der Waals surface area contributed by atoms with Gasteiger partial charge in [-0.2, -0.15) is 0 Å². The van der Waals surface area contributed by atoms with E-state index in [4.69, 9.17) is 4.52 Å². The number of anilines is 1. The number of hydrogen-bond donors (Lipinski definition) is 2. The lowest BCUT2D eigenvalue weighted by Gasteiger charge is -2.08. The van der Waals surface area contributed by atoms with E-state index in [1.54, 1.807) is 6.92 Å².